The molecule has 0 aliphatic rings. The fourth-order valence-corrected chi connectivity index (χ4v) is 1.30. The fourth-order valence-electron chi connectivity index (χ4n) is 1.30. The van der Waals surface area contributed by atoms with Crippen LogP contribution >= 0.6 is 0 Å². The summed E-state index contributed by atoms with van der Waals surface area (Å²) in [5.74, 6) is 0.00195. The molecule has 0 amide bonds. The lowest BCUT2D eigenvalue weighted by Gasteiger charge is -2.01. The fraction of sp³-hybridized carbons (Fsp3) is 0.200. The molecule has 0 bridgehead atoms. The van der Waals surface area contributed by atoms with Gasteiger partial charge in [0.05, 0.1) is 0 Å². The van der Waals surface area contributed by atoms with Crippen molar-refractivity contribution in [3.05, 3.63) is 59.8 Å². The molecule has 0 aliphatic carbocycles. The molecule has 0 radical (unpaired) electrons. The molecule has 0 heterocycles. The zero-order valence-electron chi connectivity index (χ0n) is 10.3. The summed E-state index contributed by atoms with van der Waals surface area (Å²) in [7, 11) is 0. The number of nitrogens with zero attached hydrogens (tertiary/aromatic N) is 1. The molecule has 1 aromatic carbocycles. The summed E-state index contributed by atoms with van der Waals surface area (Å²) >= 11 is 0. The van der Waals surface area contributed by atoms with Crippen LogP contribution in [-0.2, 0) is 11.2 Å². The molecule has 0 saturated heterocycles. The molecule has 0 unspecified atom stereocenters. The van der Waals surface area contributed by atoms with Crippen molar-refractivity contribution in [1.82, 2.24) is 0 Å². The number of hydrogen-bond acceptors (Lipinski definition) is 2. The first kappa shape index (κ1) is 13.1. The van der Waals surface area contributed by atoms with E-state index in [0.717, 1.165) is 5.56 Å². The van der Waals surface area contributed by atoms with Crippen LogP contribution in [0.2, 0.25) is 0 Å². The van der Waals surface area contributed by atoms with Crippen molar-refractivity contribution < 1.29 is 4.79 Å². The Labute approximate surface area is 102 Å². The smallest absolute Gasteiger partial charge is 0.168 e. The monoisotopic (exact) mass is 227 g/mol. The van der Waals surface area contributed by atoms with Gasteiger partial charge in [-0.25, -0.2) is 0 Å². The lowest BCUT2D eigenvalue weighted by molar-refractivity contribution is -0.114. The molecule has 1 rings (SSSR count). The van der Waals surface area contributed by atoms with Crippen molar-refractivity contribution in [2.75, 3.05) is 0 Å². The third kappa shape index (κ3) is 4.60. The van der Waals surface area contributed by atoms with E-state index in [2.05, 4.69) is 11.6 Å². The summed E-state index contributed by atoms with van der Waals surface area (Å²) in [6.07, 6.45) is 5.30. The second-order valence-corrected chi connectivity index (χ2v) is 3.87. The second kappa shape index (κ2) is 6.59. The highest BCUT2D eigenvalue weighted by molar-refractivity contribution is 6.13. The van der Waals surface area contributed by atoms with Gasteiger partial charge in [-0.3, -0.25) is 9.79 Å². The van der Waals surface area contributed by atoms with Gasteiger partial charge in [-0.15, -0.1) is 0 Å². The molecule has 17 heavy (non-hydrogen) atoms. The molecule has 2 heteroatoms. The summed E-state index contributed by atoms with van der Waals surface area (Å²) in [6, 6.07) is 7.92. The van der Waals surface area contributed by atoms with Crippen LogP contribution in [0.15, 0.2) is 53.7 Å². The van der Waals surface area contributed by atoms with Crippen LogP contribution < -0.4 is 0 Å². The topological polar surface area (TPSA) is 29.4 Å². The molecule has 1 aromatic rings. The highest BCUT2D eigenvalue weighted by Crippen LogP contribution is 2.06. The first-order valence-electron chi connectivity index (χ1n) is 5.55. The van der Waals surface area contributed by atoms with Gasteiger partial charge in [-0.2, -0.15) is 0 Å². The summed E-state index contributed by atoms with van der Waals surface area (Å²) in [5, 5.41) is 0. The summed E-state index contributed by atoms with van der Waals surface area (Å²) in [6.45, 7) is 7.60. The normalized spacial score (nSPS) is 11.2. The highest BCUT2D eigenvalue weighted by atomic mass is 16.1. The molecule has 0 spiro atoms. The Balaban J connectivity index is 2.60. The van der Waals surface area contributed by atoms with Gasteiger partial charge in [-0.05, 0) is 19.4 Å². The number of hydrogen-bond donors (Lipinski definition) is 0. The Bertz CT molecular complexity index is 452. The predicted octanol–water partition coefficient (Wildman–Crippen LogP) is 3.27. The van der Waals surface area contributed by atoms with Gasteiger partial charge in [0.2, 0.25) is 0 Å². The zero-order valence-corrected chi connectivity index (χ0v) is 10.3. The minimum absolute atomic E-state index is 0.00195. The predicted molar refractivity (Wildman–Crippen MR) is 72.3 cm³/mol. The van der Waals surface area contributed by atoms with E-state index >= 15 is 0 Å². The van der Waals surface area contributed by atoms with E-state index in [0.29, 0.717) is 12.0 Å². The summed E-state index contributed by atoms with van der Waals surface area (Å²) in [4.78, 5) is 15.7. The van der Waals surface area contributed by atoms with E-state index in [4.69, 9.17) is 0 Å². The molecule has 0 fully saturated rings. The van der Waals surface area contributed by atoms with Crippen LogP contribution in [0.1, 0.15) is 18.1 Å². The van der Waals surface area contributed by atoms with Crippen molar-refractivity contribution in [2.45, 2.75) is 20.3 Å². The summed E-state index contributed by atoms with van der Waals surface area (Å²) in [5.41, 5.74) is 2.62. The Morgan fingerprint density at radius 3 is 2.59 bits per heavy atom. The average molecular weight is 227 g/mol. The highest BCUT2D eigenvalue weighted by Gasteiger charge is 2.05. The first-order valence-corrected chi connectivity index (χ1v) is 5.55. The molecule has 0 aliphatic heterocycles. The maximum atomic E-state index is 11.8. The molecule has 88 valence electrons. The van der Waals surface area contributed by atoms with Gasteiger partial charge in [0.25, 0.3) is 0 Å². The SMILES string of the molecule is C=C(C=NC=CC)C(=O)Cc1ccc(C)cc1. The standard InChI is InChI=1S/C15H17NO/c1-4-9-16-11-13(3)15(17)10-14-7-5-12(2)6-8-14/h4-9,11H,3,10H2,1-2H3. The van der Waals surface area contributed by atoms with E-state index in [-0.39, 0.29) is 5.78 Å². The number of Topliss-reactive ketones (excluding diaryl/α,β-unsaturated/α-hetero) is 1. The molecule has 2 nitrogen and oxygen atoms in total. The van der Waals surface area contributed by atoms with Crippen LogP contribution in [-0.4, -0.2) is 12.0 Å². The largest absolute Gasteiger partial charge is 0.294 e. The number of carbonyl (C=O) groups excluding carboxylic acids is 1. The van der Waals surface area contributed by atoms with Crippen LogP contribution in [0.25, 0.3) is 0 Å². The van der Waals surface area contributed by atoms with E-state index < -0.39 is 0 Å². The van der Waals surface area contributed by atoms with Crippen molar-refractivity contribution in [3.63, 3.8) is 0 Å². The molecular weight excluding hydrogens is 210 g/mol. The number of rotatable bonds is 5. The molecule has 0 N–H and O–H groups in total. The number of benzene rings is 1. The number of aryl methyl sites for hydroxylation is 1. The Morgan fingerprint density at radius 2 is 2.00 bits per heavy atom. The number of aliphatic imine (C=N–C) groups is 1. The Morgan fingerprint density at radius 1 is 1.35 bits per heavy atom. The van der Waals surface area contributed by atoms with Gasteiger partial charge in [0.15, 0.2) is 5.78 Å². The van der Waals surface area contributed by atoms with E-state index in [1.165, 1.54) is 11.8 Å². The van der Waals surface area contributed by atoms with E-state index in [9.17, 15) is 4.79 Å². The van der Waals surface area contributed by atoms with E-state index in [1.54, 1.807) is 12.3 Å². The van der Waals surface area contributed by atoms with Gasteiger partial charge in [0.1, 0.15) is 0 Å². The number of allylic oxidation sites excluding steroid dienone is 2. The maximum Gasteiger partial charge on any atom is 0.168 e. The van der Waals surface area contributed by atoms with Crippen molar-refractivity contribution >= 4 is 12.0 Å². The molecule has 0 saturated carbocycles. The van der Waals surface area contributed by atoms with Crippen molar-refractivity contribution in [1.29, 1.82) is 0 Å². The molecule has 0 atom stereocenters. The maximum absolute atomic E-state index is 11.8. The lowest BCUT2D eigenvalue weighted by atomic mass is 10.0. The second-order valence-electron chi connectivity index (χ2n) is 3.87. The quantitative estimate of drug-likeness (QED) is 0.560. The minimum atomic E-state index is 0.00195. The third-order valence-electron chi connectivity index (χ3n) is 2.31. The van der Waals surface area contributed by atoms with Gasteiger partial charge in [0, 0.05) is 24.4 Å². The van der Waals surface area contributed by atoms with Gasteiger partial charge in [-0.1, -0.05) is 42.5 Å². The van der Waals surface area contributed by atoms with Crippen LogP contribution in [0.3, 0.4) is 0 Å². The number of carbonyl (C=O) groups is 1. The van der Waals surface area contributed by atoms with E-state index in [1.807, 2.05) is 38.1 Å². The Hall–Kier alpha value is -1.96. The Kier molecular flexibility index (Phi) is 5.08. The average Bonchev–Trinajstić information content (AvgIpc) is 2.32. The zero-order chi connectivity index (χ0) is 12.7. The van der Waals surface area contributed by atoms with Crippen molar-refractivity contribution in [2.24, 2.45) is 4.99 Å². The lowest BCUT2D eigenvalue weighted by Crippen LogP contribution is -2.06. The number of ketones is 1. The van der Waals surface area contributed by atoms with Gasteiger partial charge < -0.3 is 0 Å². The third-order valence-corrected chi connectivity index (χ3v) is 2.31. The minimum Gasteiger partial charge on any atom is -0.294 e. The van der Waals surface area contributed by atoms with Crippen LogP contribution in [0.4, 0.5) is 0 Å². The van der Waals surface area contributed by atoms with Gasteiger partial charge >= 0.3 is 0 Å². The molecular formula is C15H17NO. The summed E-state index contributed by atoms with van der Waals surface area (Å²) < 4.78 is 0. The first-order chi connectivity index (χ1) is 8.13. The van der Waals surface area contributed by atoms with Crippen LogP contribution in [0.5, 0.6) is 0 Å². The van der Waals surface area contributed by atoms with Crippen LogP contribution in [0, 0.1) is 6.92 Å². The van der Waals surface area contributed by atoms with Crippen molar-refractivity contribution in [3.8, 4) is 0 Å². The molecule has 0 aromatic heterocycles.